The Labute approximate surface area is 277 Å². The lowest BCUT2D eigenvalue weighted by Crippen LogP contribution is -2.43. The lowest BCUT2D eigenvalue weighted by atomic mass is 9.93. The molecular formula is C36H40N4O6S. The van der Waals surface area contributed by atoms with Crippen LogP contribution in [0.3, 0.4) is 0 Å². The van der Waals surface area contributed by atoms with Crippen molar-refractivity contribution < 1.29 is 23.8 Å². The number of methoxy groups -OCH3 is 2. The second kappa shape index (κ2) is 13.8. The molecule has 2 aromatic carbocycles. The van der Waals surface area contributed by atoms with Crippen LogP contribution in [0.15, 0.2) is 69.6 Å². The van der Waals surface area contributed by atoms with Crippen molar-refractivity contribution in [2.75, 3.05) is 33.9 Å². The zero-order valence-corrected chi connectivity index (χ0v) is 28.9. The average molecular weight is 657 g/mol. The lowest BCUT2D eigenvalue weighted by molar-refractivity contribution is -0.127. The van der Waals surface area contributed by atoms with Gasteiger partial charge in [-0.2, -0.15) is 0 Å². The predicted octanol–water partition coefficient (Wildman–Crippen LogP) is 4.71. The second-order valence-electron chi connectivity index (χ2n) is 11.1. The van der Waals surface area contributed by atoms with Crippen LogP contribution in [0, 0.1) is 13.8 Å². The lowest BCUT2D eigenvalue weighted by Gasteiger charge is -2.30. The number of ether oxygens (including phenoxy) is 3. The molecule has 2 aromatic heterocycles. The Morgan fingerprint density at radius 2 is 1.68 bits per heavy atom. The molecule has 1 amide bonds. The van der Waals surface area contributed by atoms with Crippen molar-refractivity contribution >= 4 is 29.3 Å². The third-order valence-electron chi connectivity index (χ3n) is 8.43. The molecule has 47 heavy (non-hydrogen) atoms. The van der Waals surface area contributed by atoms with Crippen molar-refractivity contribution in [2.45, 2.75) is 47.6 Å². The number of allylic oxidation sites excluding steroid dienone is 1. The molecule has 1 aliphatic heterocycles. The molecule has 0 spiro atoms. The van der Waals surface area contributed by atoms with Crippen molar-refractivity contribution in [2.24, 2.45) is 4.99 Å². The summed E-state index contributed by atoms with van der Waals surface area (Å²) in [6.45, 7) is 12.8. The maximum Gasteiger partial charge on any atom is 0.338 e. The number of thiazole rings is 1. The largest absolute Gasteiger partial charge is 0.497 e. The fraction of sp³-hybridized carbons (Fsp3) is 0.333. The molecule has 246 valence electrons. The van der Waals surface area contributed by atoms with Crippen LogP contribution in [0.2, 0.25) is 0 Å². The standard InChI is InChI=1S/C36H40N4O6S/c1-9-38(10-2)34(42)31-22(5)37-36-40(32(31)28-20-27(44-7)16-17-29(28)45-8)33(41)30(47-36)19-25-18-21(4)39(23(25)6)26-14-12-24(13-15-26)35(43)46-11-3/h12-20,32H,9-11H2,1-8H3/b30-19+/t32-/m0/s1. The molecule has 0 bridgehead atoms. The Morgan fingerprint density at radius 1 is 0.979 bits per heavy atom. The van der Waals surface area contributed by atoms with Crippen molar-refractivity contribution in [3.8, 4) is 17.2 Å². The zero-order valence-electron chi connectivity index (χ0n) is 28.0. The molecule has 3 heterocycles. The summed E-state index contributed by atoms with van der Waals surface area (Å²) < 4.78 is 20.6. The number of aryl methyl sites for hydroxylation is 1. The summed E-state index contributed by atoms with van der Waals surface area (Å²) >= 11 is 1.28. The van der Waals surface area contributed by atoms with Gasteiger partial charge in [0.2, 0.25) is 0 Å². The van der Waals surface area contributed by atoms with Gasteiger partial charge >= 0.3 is 5.97 Å². The third kappa shape index (κ3) is 6.15. The van der Waals surface area contributed by atoms with E-state index in [0.29, 0.717) is 62.9 Å². The maximum atomic E-state index is 14.4. The Kier molecular flexibility index (Phi) is 9.85. The van der Waals surface area contributed by atoms with Crippen LogP contribution in [0.5, 0.6) is 11.5 Å². The molecule has 0 saturated heterocycles. The number of likely N-dealkylation sites (N-methyl/N-ethyl adjacent to an activating group) is 1. The van der Waals surface area contributed by atoms with Gasteiger partial charge in [0.25, 0.3) is 11.5 Å². The van der Waals surface area contributed by atoms with Crippen LogP contribution >= 0.6 is 11.3 Å². The number of aromatic nitrogens is 2. The van der Waals surface area contributed by atoms with Crippen molar-refractivity contribution in [3.63, 3.8) is 0 Å². The fourth-order valence-corrected chi connectivity index (χ4v) is 7.09. The highest BCUT2D eigenvalue weighted by Crippen LogP contribution is 2.38. The number of rotatable bonds is 10. The van der Waals surface area contributed by atoms with E-state index < -0.39 is 6.04 Å². The van der Waals surface area contributed by atoms with Gasteiger partial charge in [-0.3, -0.25) is 14.2 Å². The summed E-state index contributed by atoms with van der Waals surface area (Å²) in [6.07, 6.45) is 1.88. The van der Waals surface area contributed by atoms with Gasteiger partial charge < -0.3 is 23.7 Å². The Balaban J connectivity index is 1.68. The van der Waals surface area contributed by atoms with E-state index in [2.05, 4.69) is 4.57 Å². The van der Waals surface area contributed by atoms with E-state index in [-0.39, 0.29) is 17.4 Å². The number of carbonyl (C=O) groups excluding carboxylic acids is 2. The Bertz CT molecular complexity index is 2050. The first-order valence-corrected chi connectivity index (χ1v) is 16.4. The summed E-state index contributed by atoms with van der Waals surface area (Å²) in [5.74, 6) is 0.563. The van der Waals surface area contributed by atoms with E-state index in [1.54, 1.807) is 54.9 Å². The van der Waals surface area contributed by atoms with E-state index in [0.717, 1.165) is 22.6 Å². The van der Waals surface area contributed by atoms with Crippen molar-refractivity contribution in [3.05, 3.63) is 108 Å². The average Bonchev–Trinajstić information content (AvgIpc) is 3.53. The van der Waals surface area contributed by atoms with Gasteiger partial charge in [-0.15, -0.1) is 0 Å². The van der Waals surface area contributed by atoms with Gasteiger partial charge in [-0.1, -0.05) is 11.3 Å². The molecule has 10 nitrogen and oxygen atoms in total. The van der Waals surface area contributed by atoms with Crippen LogP contribution in [0.1, 0.15) is 66.6 Å². The second-order valence-corrected chi connectivity index (χ2v) is 12.1. The Hall–Kier alpha value is -4.90. The number of benzene rings is 2. The first-order chi connectivity index (χ1) is 22.6. The smallest absolute Gasteiger partial charge is 0.338 e. The number of esters is 1. The normalized spacial score (nSPS) is 14.5. The topological polar surface area (TPSA) is 104 Å². The highest BCUT2D eigenvalue weighted by Gasteiger charge is 2.36. The number of carbonyl (C=O) groups is 2. The quantitative estimate of drug-likeness (QED) is 0.229. The first-order valence-electron chi connectivity index (χ1n) is 15.6. The third-order valence-corrected chi connectivity index (χ3v) is 9.41. The van der Waals surface area contributed by atoms with Crippen LogP contribution in [0.4, 0.5) is 0 Å². The number of hydrogen-bond donors (Lipinski definition) is 0. The molecule has 0 unspecified atom stereocenters. The van der Waals surface area contributed by atoms with Gasteiger partial charge in [-0.25, -0.2) is 9.79 Å². The molecule has 0 fully saturated rings. The molecule has 0 saturated carbocycles. The van der Waals surface area contributed by atoms with Gasteiger partial charge in [-0.05, 0) is 102 Å². The summed E-state index contributed by atoms with van der Waals surface area (Å²) in [5, 5.41) is 0. The molecule has 1 atom stereocenters. The van der Waals surface area contributed by atoms with Crippen molar-refractivity contribution in [1.82, 2.24) is 14.0 Å². The molecule has 11 heteroatoms. The molecule has 0 radical (unpaired) electrons. The molecule has 0 N–H and O–H groups in total. The highest BCUT2D eigenvalue weighted by atomic mass is 32.1. The van der Waals surface area contributed by atoms with E-state index in [1.165, 1.54) is 11.3 Å². The maximum absolute atomic E-state index is 14.4. The van der Waals surface area contributed by atoms with Crippen LogP contribution in [-0.4, -0.2) is 59.8 Å². The summed E-state index contributed by atoms with van der Waals surface area (Å²) in [7, 11) is 3.14. The SMILES string of the molecule is CCOC(=O)c1ccc(-n2c(C)cc(/C=c3/sc4n(c3=O)[C@@H](c3cc(OC)ccc3OC)C(C(=O)N(CC)CC)=C(C)N=4)c2C)cc1. The fourth-order valence-electron chi connectivity index (χ4n) is 6.06. The molecule has 0 aliphatic carbocycles. The van der Waals surface area contributed by atoms with E-state index >= 15 is 0 Å². The van der Waals surface area contributed by atoms with Gasteiger partial charge in [0, 0.05) is 35.7 Å². The van der Waals surface area contributed by atoms with Gasteiger partial charge in [0.15, 0.2) is 4.80 Å². The van der Waals surface area contributed by atoms with Gasteiger partial charge in [0.05, 0.1) is 42.2 Å². The monoisotopic (exact) mass is 656 g/mol. The highest BCUT2D eigenvalue weighted by molar-refractivity contribution is 7.07. The summed E-state index contributed by atoms with van der Waals surface area (Å²) in [5.41, 5.74) is 5.47. The minimum atomic E-state index is -0.781. The van der Waals surface area contributed by atoms with E-state index in [4.69, 9.17) is 19.2 Å². The minimum Gasteiger partial charge on any atom is -0.497 e. The number of fused-ring (bicyclic) bond motifs is 1. The Morgan fingerprint density at radius 3 is 2.30 bits per heavy atom. The van der Waals surface area contributed by atoms with Gasteiger partial charge in [0.1, 0.15) is 17.5 Å². The minimum absolute atomic E-state index is 0.182. The number of amides is 1. The van der Waals surface area contributed by atoms with E-state index in [9.17, 15) is 14.4 Å². The number of nitrogens with zero attached hydrogens (tertiary/aromatic N) is 4. The van der Waals surface area contributed by atoms with Crippen LogP contribution < -0.4 is 24.4 Å². The van der Waals surface area contributed by atoms with E-state index in [1.807, 2.05) is 65.0 Å². The zero-order chi connectivity index (χ0) is 34.0. The first kappa shape index (κ1) is 33.5. The number of hydrogen-bond acceptors (Lipinski definition) is 8. The molecule has 1 aliphatic rings. The summed E-state index contributed by atoms with van der Waals surface area (Å²) in [6, 6.07) is 13.9. The predicted molar refractivity (Wildman–Crippen MR) is 182 cm³/mol. The molecule has 5 rings (SSSR count). The van der Waals surface area contributed by atoms with Crippen LogP contribution in [-0.2, 0) is 9.53 Å². The molecular weight excluding hydrogens is 616 g/mol. The summed E-state index contributed by atoms with van der Waals surface area (Å²) in [4.78, 5) is 47.6. The molecule has 4 aromatic rings. The van der Waals surface area contributed by atoms with Crippen molar-refractivity contribution in [1.29, 1.82) is 0 Å². The van der Waals surface area contributed by atoms with Crippen LogP contribution in [0.25, 0.3) is 11.8 Å².